The molecule has 60 valence electrons. The Morgan fingerprint density at radius 1 is 1.60 bits per heavy atom. The Kier molecular flexibility index (Phi) is 5.26. The molecule has 0 bridgehead atoms. The van der Waals surface area contributed by atoms with Crippen LogP contribution in [0.2, 0.25) is 0 Å². The molecule has 0 rings (SSSR count). The lowest BCUT2D eigenvalue weighted by Crippen LogP contribution is -2.40. The van der Waals surface area contributed by atoms with Gasteiger partial charge in [-0.3, -0.25) is 10.2 Å². The molecule has 1 atom stereocenters. The van der Waals surface area contributed by atoms with Gasteiger partial charge in [-0.05, 0) is 20.5 Å². The first-order valence-corrected chi connectivity index (χ1v) is 3.73. The highest BCUT2D eigenvalue weighted by Gasteiger charge is 2.04. The largest absolute Gasteiger partial charge is 0.298 e. The average molecular weight is 142 g/mol. The van der Waals surface area contributed by atoms with E-state index in [1.54, 1.807) is 0 Å². The summed E-state index contributed by atoms with van der Waals surface area (Å²) in [6, 6.07) is 0. The highest BCUT2D eigenvalue weighted by Crippen LogP contribution is 1.92. The van der Waals surface area contributed by atoms with Crippen molar-refractivity contribution in [1.29, 1.82) is 0 Å². The summed E-state index contributed by atoms with van der Waals surface area (Å²) in [7, 11) is 4.15. The lowest BCUT2D eigenvalue weighted by atomic mass is 10.3. The van der Waals surface area contributed by atoms with Crippen molar-refractivity contribution in [1.82, 2.24) is 10.2 Å². The summed E-state index contributed by atoms with van der Waals surface area (Å²) >= 11 is 0. The van der Waals surface area contributed by atoms with E-state index in [1.165, 1.54) is 0 Å². The van der Waals surface area contributed by atoms with Gasteiger partial charge in [-0.1, -0.05) is 13.0 Å². The zero-order valence-corrected chi connectivity index (χ0v) is 7.22. The molecule has 0 aliphatic heterocycles. The summed E-state index contributed by atoms with van der Waals surface area (Å²) in [5.41, 5.74) is 0. The van der Waals surface area contributed by atoms with Gasteiger partial charge in [0.2, 0.25) is 0 Å². The monoisotopic (exact) mass is 142 g/mol. The second-order valence-corrected chi connectivity index (χ2v) is 2.58. The van der Waals surface area contributed by atoms with Gasteiger partial charge >= 0.3 is 0 Å². The van der Waals surface area contributed by atoms with Crippen LogP contribution in [0.15, 0.2) is 12.7 Å². The van der Waals surface area contributed by atoms with Crippen LogP contribution in [0.1, 0.15) is 13.3 Å². The van der Waals surface area contributed by atoms with Gasteiger partial charge in [0.05, 0.1) is 6.17 Å². The van der Waals surface area contributed by atoms with Crippen LogP contribution in [0.5, 0.6) is 0 Å². The predicted molar refractivity (Wildman–Crippen MR) is 46.0 cm³/mol. The van der Waals surface area contributed by atoms with Crippen molar-refractivity contribution >= 4 is 0 Å². The van der Waals surface area contributed by atoms with Crippen molar-refractivity contribution in [2.24, 2.45) is 0 Å². The minimum atomic E-state index is 0.484. The molecule has 0 saturated carbocycles. The Bertz CT molecular complexity index is 89.3. The van der Waals surface area contributed by atoms with Crippen molar-refractivity contribution in [2.75, 3.05) is 20.6 Å². The molecule has 0 radical (unpaired) electrons. The smallest absolute Gasteiger partial charge is 0.0591 e. The van der Waals surface area contributed by atoms with Gasteiger partial charge in [-0.15, -0.1) is 6.58 Å². The van der Waals surface area contributed by atoms with Crippen LogP contribution in [0.25, 0.3) is 0 Å². The Hall–Kier alpha value is -0.340. The Morgan fingerprint density at radius 2 is 2.20 bits per heavy atom. The third-order valence-electron chi connectivity index (χ3n) is 1.51. The zero-order valence-electron chi connectivity index (χ0n) is 7.22. The fourth-order valence-electron chi connectivity index (χ4n) is 0.911. The van der Waals surface area contributed by atoms with Crippen LogP contribution >= 0.6 is 0 Å². The van der Waals surface area contributed by atoms with E-state index in [1.807, 2.05) is 6.08 Å². The number of nitrogens with one attached hydrogen (secondary N) is 1. The molecular weight excluding hydrogens is 124 g/mol. The van der Waals surface area contributed by atoms with Crippen LogP contribution in [0.3, 0.4) is 0 Å². The molecule has 0 saturated heterocycles. The molecule has 0 aromatic carbocycles. The van der Waals surface area contributed by atoms with Crippen LogP contribution in [0.4, 0.5) is 0 Å². The lowest BCUT2D eigenvalue weighted by molar-refractivity contribution is 0.246. The van der Waals surface area contributed by atoms with Crippen molar-refractivity contribution in [3.05, 3.63) is 12.7 Å². The molecule has 0 aromatic heterocycles. The SMILES string of the molecule is C=CCNC(CC)N(C)C. The summed E-state index contributed by atoms with van der Waals surface area (Å²) in [5, 5.41) is 3.33. The minimum Gasteiger partial charge on any atom is -0.298 e. The molecule has 0 fully saturated rings. The van der Waals surface area contributed by atoms with Crippen molar-refractivity contribution in [2.45, 2.75) is 19.5 Å². The van der Waals surface area contributed by atoms with E-state index >= 15 is 0 Å². The van der Waals surface area contributed by atoms with E-state index < -0.39 is 0 Å². The first-order valence-electron chi connectivity index (χ1n) is 3.73. The molecule has 0 heterocycles. The average Bonchev–Trinajstić information content (AvgIpc) is 1.89. The molecule has 0 aromatic rings. The second-order valence-electron chi connectivity index (χ2n) is 2.58. The first-order chi connectivity index (χ1) is 4.72. The van der Waals surface area contributed by atoms with Gasteiger partial charge in [-0.2, -0.15) is 0 Å². The van der Waals surface area contributed by atoms with E-state index in [9.17, 15) is 0 Å². The van der Waals surface area contributed by atoms with Crippen LogP contribution < -0.4 is 5.32 Å². The van der Waals surface area contributed by atoms with Gasteiger partial charge in [0.15, 0.2) is 0 Å². The third-order valence-corrected chi connectivity index (χ3v) is 1.51. The van der Waals surface area contributed by atoms with Crippen molar-refractivity contribution < 1.29 is 0 Å². The number of hydrogen-bond donors (Lipinski definition) is 1. The Morgan fingerprint density at radius 3 is 2.50 bits per heavy atom. The molecular formula is C8H18N2. The molecule has 0 aliphatic rings. The fourth-order valence-corrected chi connectivity index (χ4v) is 0.911. The standard InChI is InChI=1S/C8H18N2/c1-5-7-9-8(6-2)10(3)4/h5,8-9H,1,6-7H2,2-4H3. The summed E-state index contributed by atoms with van der Waals surface area (Å²) in [5.74, 6) is 0. The highest BCUT2D eigenvalue weighted by atomic mass is 15.2. The predicted octanol–water partition coefficient (Wildman–Crippen LogP) is 1.06. The maximum Gasteiger partial charge on any atom is 0.0591 e. The summed E-state index contributed by atoms with van der Waals surface area (Å²) in [4.78, 5) is 2.17. The molecule has 1 unspecified atom stereocenters. The van der Waals surface area contributed by atoms with Crippen LogP contribution in [-0.2, 0) is 0 Å². The normalized spacial score (nSPS) is 13.6. The van der Waals surface area contributed by atoms with E-state index in [4.69, 9.17) is 0 Å². The number of hydrogen-bond acceptors (Lipinski definition) is 2. The van der Waals surface area contributed by atoms with E-state index in [2.05, 4.69) is 37.8 Å². The molecule has 1 N–H and O–H groups in total. The molecule has 0 amide bonds. The molecule has 2 heteroatoms. The zero-order chi connectivity index (χ0) is 7.98. The first kappa shape index (κ1) is 9.66. The second kappa shape index (κ2) is 5.45. The quantitative estimate of drug-likeness (QED) is 0.456. The maximum atomic E-state index is 3.65. The van der Waals surface area contributed by atoms with Gasteiger partial charge in [0.1, 0.15) is 0 Å². The van der Waals surface area contributed by atoms with E-state index in [0.717, 1.165) is 13.0 Å². The van der Waals surface area contributed by atoms with Crippen LogP contribution in [-0.4, -0.2) is 31.7 Å². The summed E-state index contributed by atoms with van der Waals surface area (Å²) < 4.78 is 0. The molecule has 0 spiro atoms. The van der Waals surface area contributed by atoms with Crippen molar-refractivity contribution in [3.8, 4) is 0 Å². The highest BCUT2D eigenvalue weighted by molar-refractivity contribution is 4.72. The minimum absolute atomic E-state index is 0.484. The third kappa shape index (κ3) is 3.64. The lowest BCUT2D eigenvalue weighted by Gasteiger charge is -2.23. The summed E-state index contributed by atoms with van der Waals surface area (Å²) in [6.45, 7) is 6.70. The number of nitrogens with zero attached hydrogens (tertiary/aromatic N) is 1. The Balaban J connectivity index is 3.49. The van der Waals surface area contributed by atoms with Gasteiger partial charge in [0, 0.05) is 6.54 Å². The molecule has 0 aliphatic carbocycles. The number of rotatable bonds is 5. The van der Waals surface area contributed by atoms with Gasteiger partial charge < -0.3 is 0 Å². The van der Waals surface area contributed by atoms with Gasteiger partial charge in [0.25, 0.3) is 0 Å². The van der Waals surface area contributed by atoms with Crippen LogP contribution in [0, 0.1) is 0 Å². The van der Waals surface area contributed by atoms with E-state index in [0.29, 0.717) is 6.17 Å². The van der Waals surface area contributed by atoms with Crippen molar-refractivity contribution in [3.63, 3.8) is 0 Å². The van der Waals surface area contributed by atoms with E-state index in [-0.39, 0.29) is 0 Å². The summed E-state index contributed by atoms with van der Waals surface area (Å²) in [6.07, 6.45) is 3.49. The molecule has 10 heavy (non-hydrogen) atoms. The molecule has 2 nitrogen and oxygen atoms in total. The van der Waals surface area contributed by atoms with Gasteiger partial charge in [-0.25, -0.2) is 0 Å². The maximum absolute atomic E-state index is 3.65. The fraction of sp³-hybridized carbons (Fsp3) is 0.750. The Labute approximate surface area is 63.9 Å². The topological polar surface area (TPSA) is 15.3 Å².